The van der Waals surface area contributed by atoms with Gasteiger partial charge < -0.3 is 24.8 Å². The van der Waals surface area contributed by atoms with Gasteiger partial charge in [0.1, 0.15) is 11.5 Å². The van der Waals surface area contributed by atoms with Crippen molar-refractivity contribution in [3.63, 3.8) is 0 Å². The van der Waals surface area contributed by atoms with Crippen LogP contribution in [0.2, 0.25) is 0 Å². The van der Waals surface area contributed by atoms with E-state index in [-0.39, 0.29) is 11.6 Å². The molecule has 2 N–H and O–H groups in total. The fourth-order valence-electron chi connectivity index (χ4n) is 4.58. The predicted octanol–water partition coefficient (Wildman–Crippen LogP) is 3.76. The molecule has 1 unspecified atom stereocenters. The summed E-state index contributed by atoms with van der Waals surface area (Å²) in [4.78, 5) is 20.8. The average molecular weight is 550 g/mol. The van der Waals surface area contributed by atoms with Crippen LogP contribution in [0, 0.1) is 0 Å². The van der Waals surface area contributed by atoms with Gasteiger partial charge in [0.15, 0.2) is 17.4 Å². The molecule has 0 bridgehead atoms. The summed E-state index contributed by atoms with van der Waals surface area (Å²) in [5, 5.41) is 5.95. The number of rotatable bonds is 10. The molecule has 4 aromatic rings. The molecule has 2 heterocycles. The molecule has 3 aromatic carbocycles. The minimum absolute atomic E-state index is 0.0634. The molecule has 12 heteroatoms. The van der Waals surface area contributed by atoms with Gasteiger partial charge in [0.2, 0.25) is 17.3 Å². The van der Waals surface area contributed by atoms with Crippen molar-refractivity contribution < 1.29 is 27.4 Å². The van der Waals surface area contributed by atoms with Gasteiger partial charge in [-0.2, -0.15) is 0 Å². The number of hydrogen-bond acceptors (Lipinski definition) is 9. The zero-order chi connectivity index (χ0) is 27.4. The summed E-state index contributed by atoms with van der Waals surface area (Å²) in [6, 6.07) is 19.2. The number of anilines is 4. The molecule has 0 saturated carbocycles. The summed E-state index contributed by atoms with van der Waals surface area (Å²) in [5.74, 6) is 1.34. The molecule has 1 amide bonds. The zero-order valence-corrected chi connectivity index (χ0v) is 22.2. The van der Waals surface area contributed by atoms with Crippen molar-refractivity contribution in [3.8, 4) is 11.5 Å². The van der Waals surface area contributed by atoms with Crippen LogP contribution >= 0.6 is 0 Å². The molecule has 11 nitrogen and oxygen atoms in total. The monoisotopic (exact) mass is 549 g/mol. The number of hydrogen-bond donors (Lipinski definition) is 3. The van der Waals surface area contributed by atoms with Crippen molar-refractivity contribution in [2.75, 3.05) is 30.4 Å². The van der Waals surface area contributed by atoms with Crippen LogP contribution in [0.15, 0.2) is 66.7 Å². The highest BCUT2D eigenvalue weighted by atomic mass is 32.2. The lowest BCUT2D eigenvalue weighted by atomic mass is 9.99. The van der Waals surface area contributed by atoms with Gasteiger partial charge in [-0.25, -0.2) is 22.7 Å². The van der Waals surface area contributed by atoms with Gasteiger partial charge in [-0.05, 0) is 30.7 Å². The first kappa shape index (κ1) is 26.2. The van der Waals surface area contributed by atoms with Crippen molar-refractivity contribution in [2.45, 2.75) is 18.6 Å². The number of fused-ring (bicyclic) bond motifs is 1. The quantitative estimate of drug-likeness (QED) is 0.200. The second kappa shape index (κ2) is 11.1. The van der Waals surface area contributed by atoms with E-state index < -0.39 is 16.6 Å². The highest BCUT2D eigenvalue weighted by Gasteiger charge is 2.37. The molecule has 202 valence electrons. The molecule has 1 saturated heterocycles. The largest absolute Gasteiger partial charge is 0.497 e. The van der Waals surface area contributed by atoms with E-state index in [1.807, 2.05) is 6.07 Å². The van der Waals surface area contributed by atoms with Gasteiger partial charge in [-0.15, -0.1) is 0 Å². The number of carbonyl (C=O) groups is 1. The lowest BCUT2D eigenvalue weighted by molar-refractivity contribution is -0.118. The normalized spacial score (nSPS) is 16.7. The molecule has 0 spiro atoms. The first-order chi connectivity index (χ1) is 19.0. The topological polar surface area (TPSA) is 132 Å². The number of methoxy groups -OCH3 is 2. The van der Waals surface area contributed by atoms with Gasteiger partial charge in [0, 0.05) is 35.9 Å². The van der Waals surface area contributed by atoms with E-state index in [1.54, 1.807) is 60.7 Å². The molecule has 0 radical (unpaired) electrons. The van der Waals surface area contributed by atoms with E-state index in [4.69, 9.17) is 19.2 Å². The van der Waals surface area contributed by atoms with E-state index in [9.17, 15) is 13.2 Å². The number of benzene rings is 3. The van der Waals surface area contributed by atoms with Gasteiger partial charge in [0.05, 0.1) is 37.5 Å². The van der Waals surface area contributed by atoms with Gasteiger partial charge >= 0.3 is 0 Å². The highest BCUT2D eigenvalue weighted by Crippen LogP contribution is 2.38. The van der Waals surface area contributed by atoms with Gasteiger partial charge in [-0.1, -0.05) is 24.3 Å². The van der Waals surface area contributed by atoms with Crippen molar-refractivity contribution in [1.29, 1.82) is 0 Å². The van der Waals surface area contributed by atoms with Crippen LogP contribution in [0.3, 0.4) is 0 Å². The Morgan fingerprint density at radius 3 is 2.31 bits per heavy atom. The van der Waals surface area contributed by atoms with Crippen molar-refractivity contribution in [1.82, 2.24) is 15.3 Å². The van der Waals surface area contributed by atoms with Crippen LogP contribution in [0.4, 0.5) is 23.0 Å². The number of para-hydroxylation sites is 2. The standard InChI is InChI=1S/C27H27N5O6S/c1-36-21-14-19(15-22(16-21)37-2)29-25-26(31-24-10-4-3-9-23(24)30-25)32(39(34)35)20-8-5-7-18(13-20)27(28-17-33)11-6-12-38-27/h3-5,7-10,13-17,39H,6,11-12H2,1-2H3,(H,28,33)(H,29,30). The summed E-state index contributed by atoms with van der Waals surface area (Å²) >= 11 is 0. The Hall–Kier alpha value is -4.42. The second-order valence-electron chi connectivity index (χ2n) is 8.75. The Kier molecular flexibility index (Phi) is 7.48. The molecule has 1 atom stereocenters. The SMILES string of the molecule is COc1cc(Nc2nc3ccccc3nc2N(c2cccc(C3(NC=O)CCCO3)c2)[SH](=O)=O)cc(OC)c1. The molecular formula is C27H27N5O6S. The van der Waals surface area contributed by atoms with Crippen LogP contribution < -0.4 is 24.4 Å². The molecule has 1 fully saturated rings. The Morgan fingerprint density at radius 1 is 0.974 bits per heavy atom. The number of nitrogens with zero attached hydrogens (tertiary/aromatic N) is 3. The third-order valence-corrected chi connectivity index (χ3v) is 7.15. The first-order valence-corrected chi connectivity index (χ1v) is 13.3. The molecule has 0 aliphatic carbocycles. The number of amides is 1. The van der Waals surface area contributed by atoms with Crippen LogP contribution in [0.25, 0.3) is 11.0 Å². The molecular weight excluding hydrogens is 522 g/mol. The Labute approximate surface area is 226 Å². The fourth-order valence-corrected chi connectivity index (χ4v) is 5.19. The molecule has 1 aliphatic heterocycles. The van der Waals surface area contributed by atoms with Crippen molar-refractivity contribution in [3.05, 3.63) is 72.3 Å². The van der Waals surface area contributed by atoms with E-state index in [0.717, 1.165) is 10.7 Å². The number of carbonyl (C=O) groups excluding carboxylic acids is 1. The third-order valence-electron chi connectivity index (χ3n) is 6.40. The van der Waals surface area contributed by atoms with Crippen LogP contribution in [-0.2, 0) is 26.1 Å². The number of thiol groups is 1. The zero-order valence-electron chi connectivity index (χ0n) is 21.3. The number of ether oxygens (including phenoxy) is 3. The molecule has 5 rings (SSSR count). The maximum absolute atomic E-state index is 12.8. The molecule has 39 heavy (non-hydrogen) atoms. The van der Waals surface area contributed by atoms with Gasteiger partial charge in [-0.3, -0.25) is 4.79 Å². The Bertz CT molecular complexity index is 1560. The number of aromatic nitrogens is 2. The summed E-state index contributed by atoms with van der Waals surface area (Å²) in [6.07, 6.45) is 1.89. The van der Waals surface area contributed by atoms with Crippen LogP contribution in [0.5, 0.6) is 11.5 Å². The van der Waals surface area contributed by atoms with Gasteiger partial charge in [0.25, 0.3) is 0 Å². The van der Waals surface area contributed by atoms with E-state index in [2.05, 4.69) is 15.6 Å². The lowest BCUT2D eigenvalue weighted by Crippen LogP contribution is -2.41. The maximum Gasteiger partial charge on any atom is 0.230 e. The minimum Gasteiger partial charge on any atom is -0.497 e. The molecule has 1 aromatic heterocycles. The summed E-state index contributed by atoms with van der Waals surface area (Å²) < 4.78 is 43.3. The lowest BCUT2D eigenvalue weighted by Gasteiger charge is -2.29. The highest BCUT2D eigenvalue weighted by molar-refractivity contribution is 7.74. The predicted molar refractivity (Wildman–Crippen MR) is 147 cm³/mol. The number of nitrogens with one attached hydrogen (secondary N) is 2. The third kappa shape index (κ3) is 5.29. The summed E-state index contributed by atoms with van der Waals surface area (Å²) in [5.41, 5.74) is 1.53. The van der Waals surface area contributed by atoms with Crippen molar-refractivity contribution in [2.24, 2.45) is 0 Å². The summed E-state index contributed by atoms with van der Waals surface area (Å²) in [7, 11) is -0.142. The maximum atomic E-state index is 12.8. The molecule has 1 aliphatic rings. The Balaban J connectivity index is 1.65. The van der Waals surface area contributed by atoms with Crippen LogP contribution in [0.1, 0.15) is 18.4 Å². The average Bonchev–Trinajstić information content (AvgIpc) is 3.43. The van der Waals surface area contributed by atoms with E-state index in [0.29, 0.717) is 58.9 Å². The van der Waals surface area contributed by atoms with E-state index in [1.165, 1.54) is 14.2 Å². The Morgan fingerprint density at radius 2 is 1.69 bits per heavy atom. The van der Waals surface area contributed by atoms with Crippen LogP contribution in [-0.4, -0.2) is 45.6 Å². The second-order valence-corrected chi connectivity index (χ2v) is 9.63. The first-order valence-electron chi connectivity index (χ1n) is 12.1. The van der Waals surface area contributed by atoms with E-state index >= 15 is 0 Å². The minimum atomic E-state index is -3.22. The fraction of sp³-hybridized carbons (Fsp3) is 0.222. The summed E-state index contributed by atoms with van der Waals surface area (Å²) in [6.45, 7) is 0.471. The van der Waals surface area contributed by atoms with Crippen molar-refractivity contribution >= 4 is 51.3 Å². The smallest absolute Gasteiger partial charge is 0.230 e.